The molecule has 1 fully saturated rings. The van der Waals surface area contributed by atoms with Gasteiger partial charge in [-0.3, -0.25) is 0 Å². The van der Waals surface area contributed by atoms with Crippen LogP contribution >= 0.6 is 0 Å². The zero-order chi connectivity index (χ0) is 10.0. The third-order valence-electron chi connectivity index (χ3n) is 2.10. The smallest absolute Gasteiger partial charge is 0.111 e. The number of rotatable bonds is 2. The summed E-state index contributed by atoms with van der Waals surface area (Å²) >= 11 is 0. The number of methoxy groups -OCH3 is 1. The molecule has 0 bridgehead atoms. The van der Waals surface area contributed by atoms with Crippen molar-refractivity contribution in [3.8, 4) is 0 Å². The monoisotopic (exact) mass is 193 g/mol. The van der Waals surface area contributed by atoms with Crippen LogP contribution in [0.2, 0.25) is 0 Å². The molecule has 0 aromatic heterocycles. The fourth-order valence-electron chi connectivity index (χ4n) is 1.31. The van der Waals surface area contributed by atoms with Gasteiger partial charge >= 0.3 is 0 Å². The lowest BCUT2D eigenvalue weighted by atomic mass is 9.99. The zero-order valence-corrected chi connectivity index (χ0v) is 7.16. The average molecular weight is 193 g/mol. The van der Waals surface area contributed by atoms with Crippen LogP contribution in [0.1, 0.15) is 0 Å². The molecular formula is C7H13O6-. The molecule has 0 radical (unpaired) electrons. The Bertz CT molecular complexity index is 163. The van der Waals surface area contributed by atoms with E-state index in [4.69, 9.17) is 5.11 Å². The first-order valence-corrected chi connectivity index (χ1v) is 3.93. The Morgan fingerprint density at radius 2 is 2.00 bits per heavy atom. The van der Waals surface area contributed by atoms with Crippen LogP contribution in [0.5, 0.6) is 0 Å². The minimum Gasteiger partial charge on any atom is -0.829 e. The van der Waals surface area contributed by atoms with Crippen molar-refractivity contribution in [3.05, 3.63) is 0 Å². The molecule has 1 rings (SSSR count). The Morgan fingerprint density at radius 3 is 2.46 bits per heavy atom. The second kappa shape index (κ2) is 4.32. The maximum Gasteiger partial charge on any atom is 0.111 e. The molecule has 78 valence electrons. The van der Waals surface area contributed by atoms with Gasteiger partial charge in [0, 0.05) is 13.4 Å². The largest absolute Gasteiger partial charge is 0.829 e. The van der Waals surface area contributed by atoms with Crippen molar-refractivity contribution in [3.63, 3.8) is 0 Å². The first-order chi connectivity index (χ1) is 6.11. The Morgan fingerprint density at radius 1 is 1.38 bits per heavy atom. The van der Waals surface area contributed by atoms with Crippen molar-refractivity contribution in [2.75, 3.05) is 13.7 Å². The molecule has 0 amide bonds. The normalized spacial score (nSPS) is 46.4. The second-order valence-electron chi connectivity index (χ2n) is 2.91. The fourth-order valence-corrected chi connectivity index (χ4v) is 1.31. The molecule has 5 atom stereocenters. The van der Waals surface area contributed by atoms with E-state index in [0.717, 1.165) is 0 Å². The molecule has 3 N–H and O–H groups in total. The van der Waals surface area contributed by atoms with Crippen molar-refractivity contribution in [2.45, 2.75) is 30.7 Å². The molecule has 5 unspecified atom stereocenters. The molecule has 13 heavy (non-hydrogen) atoms. The van der Waals surface area contributed by atoms with Gasteiger partial charge in [0.1, 0.15) is 18.3 Å². The van der Waals surface area contributed by atoms with Crippen LogP contribution in [0.25, 0.3) is 0 Å². The van der Waals surface area contributed by atoms with E-state index >= 15 is 0 Å². The van der Waals surface area contributed by atoms with Crippen LogP contribution in [-0.2, 0) is 9.47 Å². The van der Waals surface area contributed by atoms with E-state index in [1.807, 2.05) is 0 Å². The van der Waals surface area contributed by atoms with Crippen molar-refractivity contribution in [1.29, 1.82) is 0 Å². The van der Waals surface area contributed by atoms with E-state index in [1.54, 1.807) is 0 Å². The Hall–Kier alpha value is -0.240. The highest BCUT2D eigenvalue weighted by Gasteiger charge is 2.39. The van der Waals surface area contributed by atoms with Crippen LogP contribution in [0.15, 0.2) is 0 Å². The molecule has 0 aromatic rings. The third kappa shape index (κ3) is 1.98. The summed E-state index contributed by atoms with van der Waals surface area (Å²) in [6, 6.07) is 0. The van der Waals surface area contributed by atoms with Gasteiger partial charge in [0.25, 0.3) is 0 Å². The first kappa shape index (κ1) is 10.8. The Labute approximate surface area is 75.3 Å². The number of hydrogen-bond acceptors (Lipinski definition) is 6. The molecule has 0 spiro atoms. The Balaban J connectivity index is 2.66. The highest BCUT2D eigenvalue weighted by Crippen LogP contribution is 2.19. The van der Waals surface area contributed by atoms with Gasteiger partial charge in [-0.2, -0.15) is 0 Å². The summed E-state index contributed by atoms with van der Waals surface area (Å²) in [5.41, 5.74) is 0. The zero-order valence-electron chi connectivity index (χ0n) is 7.16. The van der Waals surface area contributed by atoms with Crippen LogP contribution in [-0.4, -0.2) is 59.7 Å². The van der Waals surface area contributed by atoms with Crippen LogP contribution in [0.3, 0.4) is 0 Å². The van der Waals surface area contributed by atoms with Crippen molar-refractivity contribution in [1.82, 2.24) is 0 Å². The van der Waals surface area contributed by atoms with Crippen LogP contribution in [0.4, 0.5) is 0 Å². The molecule has 0 saturated carbocycles. The Kier molecular flexibility index (Phi) is 3.60. The average Bonchev–Trinajstić information content (AvgIpc) is 2.12. The predicted molar refractivity (Wildman–Crippen MR) is 38.6 cm³/mol. The van der Waals surface area contributed by atoms with Crippen molar-refractivity contribution >= 4 is 0 Å². The topological polar surface area (TPSA) is 102 Å². The van der Waals surface area contributed by atoms with Crippen molar-refractivity contribution in [2.24, 2.45) is 0 Å². The second-order valence-corrected chi connectivity index (χ2v) is 2.91. The molecule has 1 aliphatic rings. The summed E-state index contributed by atoms with van der Waals surface area (Å²) in [5.74, 6) is 0. The maximum absolute atomic E-state index is 11.1. The SMILES string of the molecule is COC1C([O-])OC(CO)C(O)C1O. The van der Waals surface area contributed by atoms with Gasteiger partial charge in [0.15, 0.2) is 0 Å². The number of ether oxygens (including phenoxy) is 2. The summed E-state index contributed by atoms with van der Waals surface area (Å²) < 4.78 is 9.33. The van der Waals surface area contributed by atoms with E-state index in [1.165, 1.54) is 7.11 Å². The molecule has 1 heterocycles. The number of aliphatic hydroxyl groups is 3. The summed E-state index contributed by atoms with van der Waals surface area (Å²) in [6.45, 7) is -0.507. The minimum atomic E-state index is -1.58. The molecule has 6 nitrogen and oxygen atoms in total. The standard InChI is InChI=1S/C7H13O6/c1-12-6-5(10)4(9)3(2-8)13-7(6)11/h3-10H,2H2,1H3/q-1. The van der Waals surface area contributed by atoms with E-state index in [9.17, 15) is 15.3 Å². The third-order valence-corrected chi connectivity index (χ3v) is 2.10. The van der Waals surface area contributed by atoms with E-state index in [2.05, 4.69) is 9.47 Å². The maximum atomic E-state index is 11.1. The van der Waals surface area contributed by atoms with Crippen LogP contribution < -0.4 is 5.11 Å². The number of hydrogen-bond donors (Lipinski definition) is 3. The molecule has 1 aliphatic heterocycles. The lowest BCUT2D eigenvalue weighted by molar-refractivity contribution is -0.533. The molecule has 0 aromatic carbocycles. The van der Waals surface area contributed by atoms with Gasteiger partial charge < -0.3 is 29.9 Å². The fraction of sp³-hybridized carbons (Fsp3) is 1.00. The lowest BCUT2D eigenvalue weighted by Gasteiger charge is -2.44. The quantitative estimate of drug-likeness (QED) is 0.427. The molecule has 1 saturated heterocycles. The summed E-state index contributed by atoms with van der Waals surface area (Å²) in [4.78, 5) is 0. The highest BCUT2D eigenvalue weighted by atomic mass is 16.7. The van der Waals surface area contributed by atoms with Gasteiger partial charge in [0.2, 0.25) is 0 Å². The van der Waals surface area contributed by atoms with Gasteiger partial charge in [-0.15, -0.1) is 0 Å². The molecule has 0 aliphatic carbocycles. The van der Waals surface area contributed by atoms with Gasteiger partial charge in [-0.25, -0.2) is 0 Å². The minimum absolute atomic E-state index is 0.507. The number of aliphatic hydroxyl groups excluding tert-OH is 3. The van der Waals surface area contributed by atoms with Gasteiger partial charge in [0.05, 0.1) is 12.7 Å². The highest BCUT2D eigenvalue weighted by molar-refractivity contribution is 4.88. The van der Waals surface area contributed by atoms with E-state index in [-0.39, 0.29) is 0 Å². The summed E-state index contributed by atoms with van der Waals surface area (Å²) in [6.07, 6.45) is -6.33. The summed E-state index contributed by atoms with van der Waals surface area (Å²) in [5, 5.41) is 38.4. The predicted octanol–water partition coefficient (Wildman–Crippen LogP) is -3.20. The van der Waals surface area contributed by atoms with E-state index < -0.39 is 37.3 Å². The van der Waals surface area contributed by atoms with Crippen molar-refractivity contribution < 1.29 is 29.9 Å². The van der Waals surface area contributed by atoms with Crippen LogP contribution in [0, 0.1) is 0 Å². The first-order valence-electron chi connectivity index (χ1n) is 3.93. The molecular weight excluding hydrogens is 180 g/mol. The summed E-state index contributed by atoms with van der Waals surface area (Å²) in [7, 11) is 1.24. The van der Waals surface area contributed by atoms with Gasteiger partial charge in [-0.05, 0) is 0 Å². The lowest BCUT2D eigenvalue weighted by Crippen LogP contribution is -2.62. The van der Waals surface area contributed by atoms with E-state index in [0.29, 0.717) is 0 Å². The molecule has 6 heteroatoms. The van der Waals surface area contributed by atoms with Gasteiger partial charge in [-0.1, -0.05) is 0 Å².